The van der Waals surface area contributed by atoms with E-state index in [2.05, 4.69) is 0 Å². The first-order chi connectivity index (χ1) is 16.1. The van der Waals surface area contributed by atoms with Gasteiger partial charge < -0.3 is 10.5 Å². The number of nitrogens with two attached hydrogens (primary N) is 1. The van der Waals surface area contributed by atoms with Crippen molar-refractivity contribution in [1.82, 2.24) is 0 Å². The number of nitriles is 1. The first kappa shape index (κ1) is 23.4. The lowest BCUT2D eigenvalue weighted by Crippen LogP contribution is -2.40. The molecule has 0 aromatic heterocycles. The fourth-order valence-corrected chi connectivity index (χ4v) is 4.81. The number of hydrogen-bond acceptors (Lipinski definition) is 4. The Morgan fingerprint density at radius 1 is 1.15 bits per heavy atom. The van der Waals surface area contributed by atoms with E-state index in [-0.39, 0.29) is 17.1 Å². The molecule has 0 bridgehead atoms. The van der Waals surface area contributed by atoms with Gasteiger partial charge in [0.2, 0.25) is 0 Å². The van der Waals surface area contributed by atoms with Gasteiger partial charge in [0.1, 0.15) is 0 Å². The second-order valence-electron chi connectivity index (χ2n) is 8.12. The summed E-state index contributed by atoms with van der Waals surface area (Å²) in [4.78, 5) is 27.7. The molecule has 0 unspecified atom stereocenters. The Balaban J connectivity index is 1.84. The molecule has 1 aliphatic heterocycles. The quantitative estimate of drug-likeness (QED) is 0.653. The maximum absolute atomic E-state index is 14.9. The van der Waals surface area contributed by atoms with Gasteiger partial charge in [0, 0.05) is 5.69 Å². The molecule has 2 aromatic rings. The van der Waals surface area contributed by atoms with Crippen LogP contribution in [0.4, 0.5) is 33.7 Å². The van der Waals surface area contributed by atoms with Crippen molar-refractivity contribution in [3.05, 3.63) is 52.8 Å². The van der Waals surface area contributed by atoms with E-state index < -0.39 is 52.7 Å². The Labute approximate surface area is 192 Å². The number of carbonyl (C=O) groups is 2. The van der Waals surface area contributed by atoms with Crippen molar-refractivity contribution in [2.24, 2.45) is 5.73 Å². The fraction of sp³-hybridized carbons (Fsp3) is 0.348. The summed E-state index contributed by atoms with van der Waals surface area (Å²) in [5, 5.41) is 9.09. The molecule has 2 aromatic carbocycles. The van der Waals surface area contributed by atoms with E-state index in [1.54, 1.807) is 0 Å². The average Bonchev–Trinajstić information content (AvgIpc) is 3.09. The van der Waals surface area contributed by atoms with Crippen LogP contribution in [0.5, 0.6) is 5.75 Å². The molecule has 2 fully saturated rings. The van der Waals surface area contributed by atoms with Crippen LogP contribution in [0.1, 0.15) is 47.2 Å². The molecule has 178 valence electrons. The number of fused-ring (bicyclic) bond motifs is 1. The zero-order valence-corrected chi connectivity index (χ0v) is 18.0. The van der Waals surface area contributed by atoms with E-state index >= 15 is 0 Å². The normalized spacial score (nSPS) is 20.2. The molecule has 4 rings (SSSR count). The molecule has 1 saturated heterocycles. The van der Waals surface area contributed by atoms with Gasteiger partial charge in [0.25, 0.3) is 5.91 Å². The van der Waals surface area contributed by atoms with Crippen LogP contribution in [0.2, 0.25) is 0 Å². The minimum atomic E-state index is -4.79. The van der Waals surface area contributed by atoms with Gasteiger partial charge in [-0.25, -0.2) is 9.18 Å². The zero-order chi connectivity index (χ0) is 24.8. The predicted octanol–water partition coefficient (Wildman–Crippen LogP) is 4.58. The van der Waals surface area contributed by atoms with Crippen LogP contribution < -0.4 is 20.3 Å². The molecule has 1 aliphatic carbocycles. The number of amides is 3. The van der Waals surface area contributed by atoms with E-state index in [4.69, 9.17) is 15.7 Å². The first-order valence-electron chi connectivity index (χ1n) is 10.5. The smallest absolute Gasteiger partial charge is 0.417 e. The van der Waals surface area contributed by atoms with Crippen molar-refractivity contribution in [2.45, 2.75) is 43.9 Å². The molecule has 2 N–H and O–H groups in total. The number of halogens is 4. The molecule has 3 amide bonds. The average molecular weight is 476 g/mol. The third-order valence-electron chi connectivity index (χ3n) is 6.28. The molecule has 1 saturated carbocycles. The highest BCUT2D eigenvalue weighted by molar-refractivity contribution is 6.09. The maximum atomic E-state index is 14.9. The van der Waals surface area contributed by atoms with Crippen molar-refractivity contribution < 1.29 is 31.9 Å². The number of alkyl halides is 3. The number of hydrogen-bond donors (Lipinski definition) is 1. The summed E-state index contributed by atoms with van der Waals surface area (Å²) in [5.74, 6) is -2.39. The van der Waals surface area contributed by atoms with Crippen LogP contribution in [-0.4, -0.2) is 31.1 Å². The lowest BCUT2D eigenvalue weighted by atomic mass is 9.89. The van der Waals surface area contributed by atoms with Gasteiger partial charge in [-0.2, -0.15) is 18.4 Å². The van der Waals surface area contributed by atoms with Crippen LogP contribution in [0.15, 0.2) is 30.3 Å². The molecule has 2 aliphatic rings. The van der Waals surface area contributed by atoms with Crippen LogP contribution >= 0.6 is 0 Å². The van der Waals surface area contributed by atoms with Gasteiger partial charge in [-0.05, 0) is 43.2 Å². The second-order valence-corrected chi connectivity index (χ2v) is 8.12. The molecule has 2 atom stereocenters. The fourth-order valence-electron chi connectivity index (χ4n) is 4.81. The molecule has 34 heavy (non-hydrogen) atoms. The van der Waals surface area contributed by atoms with Crippen molar-refractivity contribution >= 4 is 23.3 Å². The Morgan fingerprint density at radius 2 is 1.79 bits per heavy atom. The number of methoxy groups -OCH3 is 1. The molecule has 1 heterocycles. The molecule has 11 heteroatoms. The predicted molar refractivity (Wildman–Crippen MR) is 114 cm³/mol. The number of benzene rings is 2. The molecule has 0 spiro atoms. The van der Waals surface area contributed by atoms with Crippen LogP contribution in [0, 0.1) is 17.1 Å². The number of rotatable bonds is 4. The molecular weight excluding hydrogens is 456 g/mol. The van der Waals surface area contributed by atoms with Gasteiger partial charge in [0.15, 0.2) is 11.6 Å². The van der Waals surface area contributed by atoms with Gasteiger partial charge >= 0.3 is 12.2 Å². The number of carbonyl (C=O) groups excluding carboxylic acids is 2. The van der Waals surface area contributed by atoms with Crippen LogP contribution in [0.3, 0.4) is 0 Å². The van der Waals surface area contributed by atoms with Gasteiger partial charge in [-0.1, -0.05) is 12.8 Å². The summed E-state index contributed by atoms with van der Waals surface area (Å²) in [5.41, 5.74) is 3.15. The number of anilines is 2. The van der Waals surface area contributed by atoms with Crippen molar-refractivity contribution in [2.75, 3.05) is 16.9 Å². The van der Waals surface area contributed by atoms with Crippen LogP contribution in [-0.2, 0) is 6.18 Å². The second kappa shape index (κ2) is 8.52. The van der Waals surface area contributed by atoms with E-state index in [9.17, 15) is 27.2 Å². The van der Waals surface area contributed by atoms with Gasteiger partial charge in [0.05, 0.1) is 47.6 Å². The summed E-state index contributed by atoms with van der Waals surface area (Å²) < 4.78 is 60.8. The molecule has 0 radical (unpaired) electrons. The SMILES string of the molecule is COc1c(N2C(=O)N(c3ccc(C#N)c(C(F)(F)F)c3)[C@H]3CCCC[C@@H]32)ccc(C(N)=O)c1F. The van der Waals surface area contributed by atoms with Gasteiger partial charge in [-0.15, -0.1) is 0 Å². The highest BCUT2D eigenvalue weighted by Crippen LogP contribution is 2.45. The standard InChI is InChI=1S/C23H20F4N4O3/c1-34-20-18(9-8-14(19(20)24)21(29)32)31-17-5-3-2-4-16(17)30(22(31)33)13-7-6-12(11-28)15(10-13)23(25,26)27/h6-10,16-17H,2-5H2,1H3,(H2,29,32)/t16-,17-/m0/s1. The Morgan fingerprint density at radius 3 is 2.35 bits per heavy atom. The topological polar surface area (TPSA) is 99.7 Å². The number of urea groups is 1. The minimum Gasteiger partial charge on any atom is -0.492 e. The van der Waals surface area contributed by atoms with E-state index in [0.29, 0.717) is 12.8 Å². The van der Waals surface area contributed by atoms with Crippen LogP contribution in [0.25, 0.3) is 0 Å². The highest BCUT2D eigenvalue weighted by atomic mass is 19.4. The van der Waals surface area contributed by atoms with Crippen molar-refractivity contribution in [1.29, 1.82) is 5.26 Å². The summed E-state index contributed by atoms with van der Waals surface area (Å²) in [6.45, 7) is 0. The molecular formula is C23H20F4N4O3. The Hall–Kier alpha value is -3.81. The minimum absolute atomic E-state index is 0.0103. The molecule has 7 nitrogen and oxygen atoms in total. The van der Waals surface area contributed by atoms with E-state index in [0.717, 1.165) is 31.0 Å². The van der Waals surface area contributed by atoms with E-state index in [1.807, 2.05) is 0 Å². The van der Waals surface area contributed by atoms with Gasteiger partial charge in [-0.3, -0.25) is 14.6 Å². The van der Waals surface area contributed by atoms with Crippen molar-refractivity contribution in [3.8, 4) is 11.8 Å². The Bertz CT molecular complexity index is 1210. The lowest BCUT2D eigenvalue weighted by Gasteiger charge is -2.32. The number of primary amides is 1. The summed E-state index contributed by atoms with van der Waals surface area (Å²) in [6.07, 6.45) is -2.19. The zero-order valence-electron chi connectivity index (χ0n) is 18.0. The monoisotopic (exact) mass is 476 g/mol. The highest BCUT2D eigenvalue weighted by Gasteiger charge is 2.49. The first-order valence-corrected chi connectivity index (χ1v) is 10.5. The summed E-state index contributed by atoms with van der Waals surface area (Å²) in [6, 6.07) is 5.56. The summed E-state index contributed by atoms with van der Waals surface area (Å²) in [7, 11) is 1.18. The third kappa shape index (κ3) is 3.69. The third-order valence-corrected chi connectivity index (χ3v) is 6.28. The summed E-state index contributed by atoms with van der Waals surface area (Å²) >= 11 is 0. The largest absolute Gasteiger partial charge is 0.492 e. The van der Waals surface area contributed by atoms with Crippen molar-refractivity contribution in [3.63, 3.8) is 0 Å². The lowest BCUT2D eigenvalue weighted by molar-refractivity contribution is -0.137. The number of ether oxygens (including phenoxy) is 1. The number of nitrogens with zero attached hydrogens (tertiary/aromatic N) is 3. The Kier molecular flexibility index (Phi) is 5.85. The maximum Gasteiger partial charge on any atom is 0.417 e. The van der Waals surface area contributed by atoms with E-state index in [1.165, 1.54) is 35.1 Å².